The van der Waals surface area contributed by atoms with Gasteiger partial charge in [-0.3, -0.25) is 24.2 Å². The zero-order valence-corrected chi connectivity index (χ0v) is 18.1. The van der Waals surface area contributed by atoms with Gasteiger partial charge >= 0.3 is 0 Å². The van der Waals surface area contributed by atoms with Crippen molar-refractivity contribution in [2.75, 3.05) is 23.3 Å². The summed E-state index contributed by atoms with van der Waals surface area (Å²) < 4.78 is 0.436. The lowest BCUT2D eigenvalue weighted by Gasteiger charge is -2.17. The first-order chi connectivity index (χ1) is 14.4. The highest BCUT2D eigenvalue weighted by atomic mass is 32.2. The van der Waals surface area contributed by atoms with Crippen LogP contribution < -0.4 is 10.2 Å². The van der Waals surface area contributed by atoms with E-state index < -0.39 is 0 Å². The number of hydrogen-bond donors (Lipinski definition) is 1. The second kappa shape index (κ2) is 8.04. The molecular weight excluding hydrogens is 418 g/mol. The predicted octanol–water partition coefficient (Wildman–Crippen LogP) is 3.57. The molecule has 2 aromatic carbocycles. The van der Waals surface area contributed by atoms with E-state index in [1.54, 1.807) is 24.3 Å². The topological polar surface area (TPSA) is 69.7 Å². The van der Waals surface area contributed by atoms with Gasteiger partial charge in [-0.05, 0) is 37.6 Å². The van der Waals surface area contributed by atoms with E-state index >= 15 is 0 Å². The number of nitrogens with zero attached hydrogens (tertiary/aromatic N) is 2. The molecule has 2 aliphatic rings. The third-order valence-corrected chi connectivity index (χ3v) is 6.37. The molecule has 0 radical (unpaired) electrons. The van der Waals surface area contributed by atoms with Crippen molar-refractivity contribution in [1.82, 2.24) is 4.90 Å². The van der Waals surface area contributed by atoms with Crippen molar-refractivity contribution in [2.24, 2.45) is 0 Å². The van der Waals surface area contributed by atoms with Gasteiger partial charge in [-0.1, -0.05) is 54.3 Å². The standard InChI is InChI=1S/C22H19N3O3S2/c1-3-24-21(28)19(30-22(24)29)18-15-9-4-5-10-16(15)25(20(18)27)12-17(26)23-14-8-6-7-13(2)11-14/h4-11H,3,12H2,1-2H3,(H,23,26). The summed E-state index contributed by atoms with van der Waals surface area (Å²) in [6.07, 6.45) is 0. The third kappa shape index (κ3) is 3.53. The molecule has 2 aliphatic heterocycles. The van der Waals surface area contributed by atoms with Gasteiger partial charge in [0.05, 0.1) is 16.2 Å². The van der Waals surface area contributed by atoms with Gasteiger partial charge in [0.15, 0.2) is 0 Å². The molecule has 152 valence electrons. The predicted molar refractivity (Wildman–Crippen MR) is 123 cm³/mol. The average molecular weight is 438 g/mol. The normalized spacial score (nSPS) is 18.3. The summed E-state index contributed by atoms with van der Waals surface area (Å²) >= 11 is 6.43. The molecule has 3 amide bonds. The maximum atomic E-state index is 13.3. The highest BCUT2D eigenvalue weighted by Crippen LogP contribution is 2.44. The quantitative estimate of drug-likeness (QED) is 0.585. The maximum absolute atomic E-state index is 13.3. The molecule has 30 heavy (non-hydrogen) atoms. The van der Waals surface area contributed by atoms with Crippen LogP contribution in [0.25, 0.3) is 5.57 Å². The number of hydrogen-bond acceptors (Lipinski definition) is 5. The Morgan fingerprint density at radius 3 is 2.53 bits per heavy atom. The lowest BCUT2D eigenvalue weighted by Crippen LogP contribution is -2.35. The molecule has 2 aromatic rings. The number of thioether (sulfide) groups is 1. The monoisotopic (exact) mass is 437 g/mol. The van der Waals surface area contributed by atoms with Gasteiger partial charge in [0.25, 0.3) is 11.8 Å². The number of nitrogens with one attached hydrogen (secondary N) is 1. The summed E-state index contributed by atoms with van der Waals surface area (Å²) in [5.41, 5.74) is 3.25. The van der Waals surface area contributed by atoms with Crippen molar-refractivity contribution >= 4 is 63.0 Å². The fraction of sp³-hybridized carbons (Fsp3) is 0.182. The molecule has 1 fully saturated rings. The number of carbonyl (C=O) groups excluding carboxylic acids is 3. The van der Waals surface area contributed by atoms with Crippen LogP contribution in [0.1, 0.15) is 18.1 Å². The molecule has 0 bridgehead atoms. The zero-order chi connectivity index (χ0) is 21.4. The van der Waals surface area contributed by atoms with E-state index in [9.17, 15) is 14.4 Å². The molecular formula is C22H19N3O3S2. The molecule has 2 heterocycles. The Morgan fingerprint density at radius 2 is 1.83 bits per heavy atom. The maximum Gasteiger partial charge on any atom is 0.266 e. The second-order valence-electron chi connectivity index (χ2n) is 6.95. The number of para-hydroxylation sites is 1. The van der Waals surface area contributed by atoms with Crippen LogP contribution in [0.4, 0.5) is 11.4 Å². The van der Waals surface area contributed by atoms with Gasteiger partial charge in [-0.2, -0.15) is 0 Å². The van der Waals surface area contributed by atoms with Crippen molar-refractivity contribution < 1.29 is 14.4 Å². The van der Waals surface area contributed by atoms with Gasteiger partial charge in [0.2, 0.25) is 5.91 Å². The molecule has 0 spiro atoms. The Balaban J connectivity index is 1.66. The molecule has 0 aromatic heterocycles. The van der Waals surface area contributed by atoms with E-state index in [1.807, 2.05) is 38.1 Å². The van der Waals surface area contributed by atoms with Crippen LogP contribution in [0.5, 0.6) is 0 Å². The molecule has 4 rings (SSSR count). The van der Waals surface area contributed by atoms with Crippen LogP contribution >= 0.6 is 24.0 Å². The van der Waals surface area contributed by atoms with Crippen LogP contribution in [0.3, 0.4) is 0 Å². The van der Waals surface area contributed by atoms with Gasteiger partial charge in [0, 0.05) is 17.8 Å². The van der Waals surface area contributed by atoms with E-state index in [0.717, 1.165) is 17.3 Å². The van der Waals surface area contributed by atoms with Crippen molar-refractivity contribution in [3.05, 3.63) is 64.6 Å². The third-order valence-electron chi connectivity index (χ3n) is 4.92. The number of carbonyl (C=O) groups is 3. The van der Waals surface area contributed by atoms with Crippen LogP contribution in [0, 0.1) is 6.92 Å². The summed E-state index contributed by atoms with van der Waals surface area (Å²) in [5, 5.41) is 2.83. The van der Waals surface area contributed by atoms with E-state index in [0.29, 0.717) is 38.3 Å². The number of likely N-dealkylation sites (N-methyl/N-ethyl adjacent to an activating group) is 1. The Kier molecular flexibility index (Phi) is 5.44. The van der Waals surface area contributed by atoms with E-state index in [2.05, 4.69) is 5.32 Å². The Hall–Kier alpha value is -2.97. The minimum atomic E-state index is -0.368. The van der Waals surface area contributed by atoms with Crippen molar-refractivity contribution in [1.29, 1.82) is 0 Å². The van der Waals surface area contributed by atoms with Gasteiger partial charge in [-0.15, -0.1) is 0 Å². The van der Waals surface area contributed by atoms with Crippen molar-refractivity contribution in [3.63, 3.8) is 0 Å². The smallest absolute Gasteiger partial charge is 0.266 e. The summed E-state index contributed by atoms with van der Waals surface area (Å²) in [6.45, 7) is 4.07. The molecule has 0 atom stereocenters. The number of thiocarbonyl (C=S) groups is 1. The van der Waals surface area contributed by atoms with Crippen LogP contribution in [-0.4, -0.2) is 40.0 Å². The summed E-state index contributed by atoms with van der Waals surface area (Å²) in [7, 11) is 0. The minimum Gasteiger partial charge on any atom is -0.325 e. The Labute approximate surface area is 183 Å². The highest BCUT2D eigenvalue weighted by molar-refractivity contribution is 8.26. The van der Waals surface area contributed by atoms with Crippen LogP contribution in [0.15, 0.2) is 53.4 Å². The number of anilines is 2. The van der Waals surface area contributed by atoms with Crippen molar-refractivity contribution in [3.8, 4) is 0 Å². The Bertz CT molecular complexity index is 1130. The number of benzene rings is 2. The van der Waals surface area contributed by atoms with Gasteiger partial charge in [-0.25, -0.2) is 0 Å². The van der Waals surface area contributed by atoms with Crippen molar-refractivity contribution in [2.45, 2.75) is 13.8 Å². The van der Waals surface area contributed by atoms with Gasteiger partial charge in [0.1, 0.15) is 10.9 Å². The summed E-state index contributed by atoms with van der Waals surface area (Å²) in [4.78, 5) is 42.0. The van der Waals surface area contributed by atoms with E-state index in [4.69, 9.17) is 12.2 Å². The average Bonchev–Trinajstić information content (AvgIpc) is 3.14. The van der Waals surface area contributed by atoms with Gasteiger partial charge < -0.3 is 5.32 Å². The molecule has 6 nitrogen and oxygen atoms in total. The van der Waals surface area contributed by atoms with E-state index in [1.165, 1.54) is 9.80 Å². The van der Waals surface area contributed by atoms with E-state index in [-0.39, 0.29) is 24.3 Å². The molecule has 0 unspecified atom stereocenters. The number of amides is 3. The lowest BCUT2D eigenvalue weighted by atomic mass is 10.1. The molecule has 1 N–H and O–H groups in total. The molecule has 1 saturated heterocycles. The summed E-state index contributed by atoms with van der Waals surface area (Å²) in [5.74, 6) is -0.949. The lowest BCUT2D eigenvalue weighted by molar-refractivity contribution is -0.122. The first kappa shape index (κ1) is 20.3. The zero-order valence-electron chi connectivity index (χ0n) is 16.5. The summed E-state index contributed by atoms with van der Waals surface area (Å²) in [6, 6.07) is 14.6. The molecule has 0 saturated carbocycles. The highest BCUT2D eigenvalue weighted by Gasteiger charge is 2.41. The fourth-order valence-electron chi connectivity index (χ4n) is 3.55. The first-order valence-electron chi connectivity index (χ1n) is 9.46. The number of rotatable bonds is 4. The SMILES string of the molecule is CCN1C(=O)C(=C2C(=O)N(CC(=O)Nc3cccc(C)c3)c3ccccc32)SC1=S. The van der Waals surface area contributed by atoms with Crippen LogP contribution in [-0.2, 0) is 14.4 Å². The molecule has 0 aliphatic carbocycles. The number of aryl methyl sites for hydroxylation is 1. The minimum absolute atomic E-state index is 0.151. The number of fused-ring (bicyclic) bond motifs is 1. The first-order valence-corrected chi connectivity index (χ1v) is 10.7. The fourth-order valence-corrected chi connectivity index (χ4v) is 5.00. The van der Waals surface area contributed by atoms with Crippen LogP contribution in [0.2, 0.25) is 0 Å². The molecule has 8 heteroatoms. The Morgan fingerprint density at radius 1 is 1.07 bits per heavy atom. The second-order valence-corrected chi connectivity index (χ2v) is 8.59. The largest absolute Gasteiger partial charge is 0.325 e.